The molecule has 0 saturated carbocycles. The summed E-state index contributed by atoms with van der Waals surface area (Å²) < 4.78 is 24.8. The number of rotatable bonds is 8. The first-order chi connectivity index (χ1) is 14.4. The molecule has 2 aromatic carbocycles. The van der Waals surface area contributed by atoms with E-state index in [1.807, 2.05) is 18.2 Å². The smallest absolute Gasteiger partial charge is 0.165 e. The molecule has 0 bridgehead atoms. The average Bonchev–Trinajstić information content (AvgIpc) is 2.73. The first kappa shape index (κ1) is 21.5. The van der Waals surface area contributed by atoms with Crippen LogP contribution in [0.1, 0.15) is 23.2 Å². The third-order valence-corrected chi connectivity index (χ3v) is 4.80. The van der Waals surface area contributed by atoms with Gasteiger partial charge in [0.15, 0.2) is 11.6 Å². The van der Waals surface area contributed by atoms with Gasteiger partial charge in [-0.05, 0) is 37.5 Å². The lowest BCUT2D eigenvalue weighted by molar-refractivity contribution is 0.195. The third kappa shape index (κ3) is 4.66. The van der Waals surface area contributed by atoms with Crippen LogP contribution in [0.2, 0.25) is 0 Å². The van der Waals surface area contributed by atoms with E-state index >= 15 is 0 Å². The highest BCUT2D eigenvalue weighted by molar-refractivity contribution is 5.79. The maximum absolute atomic E-state index is 14.5. The van der Waals surface area contributed by atoms with Crippen LogP contribution in [0.25, 0.3) is 28.3 Å². The van der Waals surface area contributed by atoms with Gasteiger partial charge in [-0.3, -0.25) is 4.98 Å². The molecule has 156 valence electrons. The summed E-state index contributed by atoms with van der Waals surface area (Å²) in [4.78, 5) is 9.43. The largest absolute Gasteiger partial charge is 0.508 e. The Morgan fingerprint density at radius 2 is 1.83 bits per heavy atom. The van der Waals surface area contributed by atoms with Crippen LogP contribution >= 0.6 is 0 Å². The van der Waals surface area contributed by atoms with Crippen molar-refractivity contribution >= 4 is 5.76 Å². The molecule has 0 saturated heterocycles. The van der Waals surface area contributed by atoms with Gasteiger partial charge in [-0.2, -0.15) is 0 Å². The molecule has 0 radical (unpaired) electrons. The van der Waals surface area contributed by atoms with E-state index < -0.39 is 5.82 Å². The molecule has 0 spiro atoms. The molecule has 0 aliphatic rings. The Morgan fingerprint density at radius 1 is 1.10 bits per heavy atom. The number of aliphatic hydroxyl groups is 1. The Hall–Kier alpha value is -3.25. The third-order valence-electron chi connectivity index (χ3n) is 4.80. The molecule has 0 unspecified atom stereocenters. The van der Waals surface area contributed by atoms with Crippen LogP contribution in [0.3, 0.4) is 0 Å². The highest BCUT2D eigenvalue weighted by atomic mass is 19.1. The number of nitrogens with zero attached hydrogens (tertiary/aromatic N) is 2. The fraction of sp³-hybridized carbons (Fsp3) is 0.250. The SMILES string of the molecule is C=C(O)c1ccc(-c2nc(CCCOC)cnc2-c2cc(C)c(OC)c(F)c2)cc1. The summed E-state index contributed by atoms with van der Waals surface area (Å²) >= 11 is 0. The van der Waals surface area contributed by atoms with Crippen molar-refractivity contribution < 1.29 is 19.0 Å². The number of hydrogen-bond donors (Lipinski definition) is 1. The predicted octanol–water partition coefficient (Wildman–Crippen LogP) is 5.37. The van der Waals surface area contributed by atoms with Crippen molar-refractivity contribution in [1.29, 1.82) is 0 Å². The van der Waals surface area contributed by atoms with Gasteiger partial charge in [-0.25, -0.2) is 9.37 Å². The molecule has 30 heavy (non-hydrogen) atoms. The van der Waals surface area contributed by atoms with Crippen molar-refractivity contribution in [2.24, 2.45) is 0 Å². The summed E-state index contributed by atoms with van der Waals surface area (Å²) in [5.41, 5.74) is 4.77. The minimum atomic E-state index is -0.448. The standard InChI is InChI=1S/C24H25FN2O3/c1-15-12-19(13-21(25)24(15)30-4)22-23(18-9-7-17(8-10-18)16(2)28)27-20(14-26-22)6-5-11-29-3/h7-10,12-14,28H,2,5-6,11H2,1,3-4H3. The molecule has 0 aliphatic carbocycles. The second-order valence-electron chi connectivity index (χ2n) is 6.99. The van der Waals surface area contributed by atoms with E-state index in [-0.39, 0.29) is 11.5 Å². The van der Waals surface area contributed by atoms with Crippen LogP contribution in [-0.2, 0) is 11.2 Å². The normalized spacial score (nSPS) is 10.8. The molecule has 1 N–H and O–H groups in total. The summed E-state index contributed by atoms with van der Waals surface area (Å²) in [5.74, 6) is -0.236. The number of hydrogen-bond acceptors (Lipinski definition) is 5. The fourth-order valence-electron chi connectivity index (χ4n) is 3.30. The molecule has 0 atom stereocenters. The van der Waals surface area contributed by atoms with E-state index in [4.69, 9.17) is 14.5 Å². The van der Waals surface area contributed by atoms with Crippen molar-refractivity contribution in [3.63, 3.8) is 0 Å². The number of aromatic nitrogens is 2. The topological polar surface area (TPSA) is 64.5 Å². The highest BCUT2D eigenvalue weighted by Gasteiger charge is 2.16. The minimum Gasteiger partial charge on any atom is -0.508 e. The van der Waals surface area contributed by atoms with Crippen LogP contribution in [0.4, 0.5) is 4.39 Å². The maximum Gasteiger partial charge on any atom is 0.165 e. The van der Waals surface area contributed by atoms with E-state index in [2.05, 4.69) is 11.6 Å². The number of halogens is 1. The van der Waals surface area contributed by atoms with Gasteiger partial charge >= 0.3 is 0 Å². The molecular formula is C24H25FN2O3. The van der Waals surface area contributed by atoms with Crippen LogP contribution in [-0.4, -0.2) is 35.9 Å². The van der Waals surface area contributed by atoms with Crippen LogP contribution in [0, 0.1) is 12.7 Å². The molecule has 3 rings (SSSR count). The Balaban J connectivity index is 2.11. The molecule has 0 amide bonds. The lowest BCUT2D eigenvalue weighted by Crippen LogP contribution is -2.02. The zero-order valence-corrected chi connectivity index (χ0v) is 17.4. The van der Waals surface area contributed by atoms with Gasteiger partial charge < -0.3 is 14.6 Å². The zero-order chi connectivity index (χ0) is 21.7. The van der Waals surface area contributed by atoms with Crippen LogP contribution in [0.5, 0.6) is 5.75 Å². The molecular weight excluding hydrogens is 383 g/mol. The fourth-order valence-corrected chi connectivity index (χ4v) is 3.30. The quantitative estimate of drug-likeness (QED) is 0.401. The van der Waals surface area contributed by atoms with Gasteiger partial charge in [-0.1, -0.05) is 30.8 Å². The van der Waals surface area contributed by atoms with E-state index in [1.54, 1.807) is 32.4 Å². The predicted molar refractivity (Wildman–Crippen MR) is 116 cm³/mol. The van der Waals surface area contributed by atoms with Crippen LogP contribution in [0.15, 0.2) is 49.2 Å². The number of aliphatic hydroxyl groups excluding tert-OH is 1. The molecule has 3 aromatic rings. The summed E-state index contributed by atoms with van der Waals surface area (Å²) in [5, 5.41) is 9.61. The molecule has 1 aromatic heterocycles. The van der Waals surface area contributed by atoms with Crippen molar-refractivity contribution in [3.05, 3.63) is 71.8 Å². The number of aryl methyl sites for hydroxylation is 2. The van der Waals surface area contributed by atoms with Gasteiger partial charge in [0.2, 0.25) is 0 Å². The monoisotopic (exact) mass is 408 g/mol. The molecule has 0 aliphatic heterocycles. The highest BCUT2D eigenvalue weighted by Crippen LogP contribution is 2.34. The second-order valence-corrected chi connectivity index (χ2v) is 6.99. The van der Waals surface area contributed by atoms with E-state index in [9.17, 15) is 9.50 Å². The Labute approximate surface area is 175 Å². The van der Waals surface area contributed by atoms with Crippen molar-refractivity contribution in [2.45, 2.75) is 19.8 Å². The van der Waals surface area contributed by atoms with E-state index in [0.29, 0.717) is 34.7 Å². The van der Waals surface area contributed by atoms with Crippen LogP contribution < -0.4 is 4.74 Å². The van der Waals surface area contributed by atoms with Gasteiger partial charge in [0.25, 0.3) is 0 Å². The summed E-state index contributed by atoms with van der Waals surface area (Å²) in [6, 6.07) is 10.5. The lowest BCUT2D eigenvalue weighted by atomic mass is 10.0. The summed E-state index contributed by atoms with van der Waals surface area (Å²) in [7, 11) is 3.11. The Bertz CT molecular complexity index is 1030. The average molecular weight is 408 g/mol. The first-order valence-corrected chi connectivity index (χ1v) is 9.62. The Kier molecular flexibility index (Phi) is 6.79. The van der Waals surface area contributed by atoms with E-state index in [0.717, 1.165) is 24.1 Å². The molecule has 6 heteroatoms. The number of methoxy groups -OCH3 is 2. The molecule has 1 heterocycles. The van der Waals surface area contributed by atoms with Crippen molar-refractivity contribution in [3.8, 4) is 28.3 Å². The van der Waals surface area contributed by atoms with Gasteiger partial charge in [0.1, 0.15) is 5.76 Å². The van der Waals surface area contributed by atoms with Crippen molar-refractivity contribution in [2.75, 3.05) is 20.8 Å². The van der Waals surface area contributed by atoms with Gasteiger partial charge in [0, 0.05) is 36.6 Å². The number of benzene rings is 2. The second kappa shape index (κ2) is 9.50. The lowest BCUT2D eigenvalue weighted by Gasteiger charge is -2.13. The zero-order valence-electron chi connectivity index (χ0n) is 17.4. The van der Waals surface area contributed by atoms with Gasteiger partial charge in [-0.15, -0.1) is 0 Å². The first-order valence-electron chi connectivity index (χ1n) is 9.62. The van der Waals surface area contributed by atoms with Crippen molar-refractivity contribution in [1.82, 2.24) is 9.97 Å². The number of ether oxygens (including phenoxy) is 2. The molecule has 0 fully saturated rings. The maximum atomic E-state index is 14.5. The Morgan fingerprint density at radius 3 is 2.43 bits per heavy atom. The molecule has 5 nitrogen and oxygen atoms in total. The van der Waals surface area contributed by atoms with E-state index in [1.165, 1.54) is 13.2 Å². The summed E-state index contributed by atoms with van der Waals surface area (Å²) in [6.45, 7) is 5.97. The minimum absolute atomic E-state index is 0.00553. The summed E-state index contributed by atoms with van der Waals surface area (Å²) in [6.07, 6.45) is 3.26. The van der Waals surface area contributed by atoms with Gasteiger partial charge in [0.05, 0.1) is 24.2 Å².